The number of para-hydroxylation sites is 1. The summed E-state index contributed by atoms with van der Waals surface area (Å²) in [6.07, 6.45) is 0. The molecule has 4 rings (SSSR count). The number of nitrogens with one attached hydrogen (secondary N) is 1. The molecule has 3 N–H and O–H groups in total. The third-order valence-corrected chi connectivity index (χ3v) is 5.92. The smallest absolute Gasteiger partial charge is 0.263 e. The van der Waals surface area contributed by atoms with Crippen molar-refractivity contribution in [3.63, 3.8) is 0 Å². The van der Waals surface area contributed by atoms with Gasteiger partial charge in [-0.05, 0) is 35.9 Å². The zero-order valence-corrected chi connectivity index (χ0v) is 16.2. The number of nitrogens with zero attached hydrogens (tertiary/aromatic N) is 1. The molecule has 7 heteroatoms. The van der Waals surface area contributed by atoms with Crippen LogP contribution in [0.5, 0.6) is 0 Å². The number of nitrogens with two attached hydrogens (primary N) is 1. The van der Waals surface area contributed by atoms with E-state index in [2.05, 4.69) is 9.71 Å². The molecule has 0 fully saturated rings. The maximum atomic E-state index is 12.9. The number of hydrogen-bond acceptors (Lipinski definition) is 4. The van der Waals surface area contributed by atoms with Gasteiger partial charge >= 0.3 is 0 Å². The topological polar surface area (TPSA) is 85.1 Å². The number of sulfonamides is 1. The minimum atomic E-state index is -3.84. The van der Waals surface area contributed by atoms with Crippen LogP contribution in [0, 0.1) is 0 Å². The Morgan fingerprint density at radius 2 is 1.61 bits per heavy atom. The predicted molar refractivity (Wildman–Crippen MR) is 114 cm³/mol. The molecule has 140 valence electrons. The summed E-state index contributed by atoms with van der Waals surface area (Å²) in [4.78, 5) is 4.68. The van der Waals surface area contributed by atoms with E-state index in [4.69, 9.17) is 17.3 Å². The van der Waals surface area contributed by atoms with Gasteiger partial charge in [-0.3, -0.25) is 4.72 Å². The highest BCUT2D eigenvalue weighted by Crippen LogP contribution is 2.38. The summed E-state index contributed by atoms with van der Waals surface area (Å²) in [7, 11) is -3.84. The lowest BCUT2D eigenvalue weighted by Crippen LogP contribution is -2.15. The second kappa shape index (κ2) is 7.14. The predicted octanol–water partition coefficient (Wildman–Crippen LogP) is 4.94. The first-order chi connectivity index (χ1) is 13.5. The molecule has 0 radical (unpaired) electrons. The van der Waals surface area contributed by atoms with Crippen LogP contribution in [0.2, 0.25) is 5.02 Å². The molecule has 28 heavy (non-hydrogen) atoms. The van der Waals surface area contributed by atoms with Gasteiger partial charge in [-0.15, -0.1) is 0 Å². The minimum Gasteiger partial charge on any atom is -0.398 e. The summed E-state index contributed by atoms with van der Waals surface area (Å²) in [5.41, 5.74) is 8.63. The summed E-state index contributed by atoms with van der Waals surface area (Å²) in [5, 5.41) is 1.25. The molecule has 1 heterocycles. The van der Waals surface area contributed by atoms with Crippen molar-refractivity contribution < 1.29 is 8.42 Å². The zero-order chi connectivity index (χ0) is 19.7. The van der Waals surface area contributed by atoms with E-state index in [9.17, 15) is 8.42 Å². The lowest BCUT2D eigenvalue weighted by atomic mass is 10.0. The highest BCUT2D eigenvalue weighted by molar-refractivity contribution is 7.92. The Morgan fingerprint density at radius 3 is 2.36 bits per heavy atom. The molecule has 0 unspecified atom stereocenters. The number of fused-ring (bicyclic) bond motifs is 1. The normalized spacial score (nSPS) is 11.5. The van der Waals surface area contributed by atoms with Gasteiger partial charge in [-0.1, -0.05) is 60.1 Å². The van der Waals surface area contributed by atoms with Crippen molar-refractivity contribution in [2.24, 2.45) is 0 Å². The molecule has 0 spiro atoms. The lowest BCUT2D eigenvalue weighted by molar-refractivity contribution is 0.601. The van der Waals surface area contributed by atoms with Crippen LogP contribution in [0.15, 0.2) is 83.8 Å². The average Bonchev–Trinajstić information content (AvgIpc) is 2.69. The van der Waals surface area contributed by atoms with Crippen molar-refractivity contribution in [3.05, 3.63) is 83.9 Å². The third-order valence-electron chi connectivity index (χ3n) is 4.33. The number of hydrogen-bond donors (Lipinski definition) is 2. The number of benzene rings is 3. The van der Waals surface area contributed by atoms with E-state index >= 15 is 0 Å². The largest absolute Gasteiger partial charge is 0.398 e. The van der Waals surface area contributed by atoms with Crippen molar-refractivity contribution in [2.75, 3.05) is 10.5 Å². The van der Waals surface area contributed by atoms with Gasteiger partial charge in [0.1, 0.15) is 5.82 Å². The van der Waals surface area contributed by atoms with E-state index in [1.165, 1.54) is 12.1 Å². The van der Waals surface area contributed by atoms with Crippen LogP contribution in [0.25, 0.3) is 22.0 Å². The minimum absolute atomic E-state index is 0.139. The van der Waals surface area contributed by atoms with Crippen molar-refractivity contribution in [1.82, 2.24) is 4.98 Å². The molecule has 0 amide bonds. The van der Waals surface area contributed by atoms with Crippen LogP contribution in [0.4, 0.5) is 11.5 Å². The first kappa shape index (κ1) is 18.3. The van der Waals surface area contributed by atoms with Crippen molar-refractivity contribution >= 4 is 44.0 Å². The SMILES string of the molecule is Nc1c(-c2cccc(Cl)c2)c(NS(=O)(=O)c2ccccc2)nc2ccccc12. The standard InChI is InChI=1S/C21H16ClN3O2S/c22-15-8-6-7-14(13-15)19-20(23)17-11-4-5-12-18(17)24-21(19)25-28(26,27)16-9-2-1-3-10-16/h1-13H,(H3,23,24,25). The van der Waals surface area contributed by atoms with Gasteiger partial charge in [-0.2, -0.15) is 0 Å². The first-order valence-electron chi connectivity index (χ1n) is 8.48. The highest BCUT2D eigenvalue weighted by atomic mass is 35.5. The summed E-state index contributed by atoms with van der Waals surface area (Å²) in [6, 6.07) is 22.5. The lowest BCUT2D eigenvalue weighted by Gasteiger charge is -2.16. The number of aromatic nitrogens is 1. The second-order valence-corrected chi connectivity index (χ2v) is 8.31. The molecule has 1 aromatic heterocycles. The number of nitrogen functional groups attached to an aromatic ring is 1. The van der Waals surface area contributed by atoms with Gasteiger partial charge in [0.15, 0.2) is 0 Å². The number of anilines is 2. The molecule has 0 saturated heterocycles. The quantitative estimate of drug-likeness (QED) is 0.500. The van der Waals surface area contributed by atoms with E-state index in [1.54, 1.807) is 42.5 Å². The zero-order valence-electron chi connectivity index (χ0n) is 14.6. The van der Waals surface area contributed by atoms with E-state index in [1.807, 2.05) is 24.3 Å². The molecular weight excluding hydrogens is 394 g/mol. The van der Waals surface area contributed by atoms with Crippen LogP contribution in [-0.4, -0.2) is 13.4 Å². The molecule has 5 nitrogen and oxygen atoms in total. The third kappa shape index (κ3) is 3.40. The molecule has 3 aromatic carbocycles. The van der Waals surface area contributed by atoms with Crippen LogP contribution in [-0.2, 0) is 10.0 Å². The molecule has 4 aromatic rings. The molecule has 0 bridgehead atoms. The van der Waals surface area contributed by atoms with Crippen LogP contribution < -0.4 is 10.5 Å². The molecule has 0 aliphatic heterocycles. The molecule has 0 atom stereocenters. The summed E-state index contributed by atoms with van der Waals surface area (Å²) in [6.45, 7) is 0. The average molecular weight is 410 g/mol. The summed E-state index contributed by atoms with van der Waals surface area (Å²) in [5.74, 6) is 0.155. The maximum absolute atomic E-state index is 12.9. The van der Waals surface area contributed by atoms with Gasteiger partial charge in [0, 0.05) is 16.0 Å². The Morgan fingerprint density at radius 1 is 0.893 bits per heavy atom. The number of rotatable bonds is 4. The summed E-state index contributed by atoms with van der Waals surface area (Å²) < 4.78 is 28.4. The Labute approximate surface area is 167 Å². The molecule has 0 aliphatic rings. The van der Waals surface area contributed by atoms with Crippen LogP contribution >= 0.6 is 11.6 Å². The molecular formula is C21H16ClN3O2S. The Bertz CT molecular complexity index is 1280. The fraction of sp³-hybridized carbons (Fsp3) is 0. The Balaban J connectivity index is 1.95. The number of halogens is 1. The first-order valence-corrected chi connectivity index (χ1v) is 10.3. The Kier molecular flexibility index (Phi) is 4.66. The van der Waals surface area contributed by atoms with Crippen LogP contribution in [0.3, 0.4) is 0 Å². The highest BCUT2D eigenvalue weighted by Gasteiger charge is 2.21. The summed E-state index contributed by atoms with van der Waals surface area (Å²) >= 11 is 6.15. The van der Waals surface area contributed by atoms with E-state index in [-0.39, 0.29) is 10.7 Å². The number of pyridine rings is 1. The monoisotopic (exact) mass is 409 g/mol. The second-order valence-electron chi connectivity index (χ2n) is 6.20. The van der Waals surface area contributed by atoms with E-state index in [0.717, 1.165) is 5.39 Å². The van der Waals surface area contributed by atoms with Crippen molar-refractivity contribution in [1.29, 1.82) is 0 Å². The fourth-order valence-electron chi connectivity index (χ4n) is 3.03. The maximum Gasteiger partial charge on any atom is 0.263 e. The van der Waals surface area contributed by atoms with Gasteiger partial charge in [0.05, 0.1) is 16.1 Å². The van der Waals surface area contributed by atoms with Crippen molar-refractivity contribution in [3.8, 4) is 11.1 Å². The van der Waals surface area contributed by atoms with Gasteiger partial charge in [0.2, 0.25) is 0 Å². The van der Waals surface area contributed by atoms with E-state index in [0.29, 0.717) is 27.4 Å². The van der Waals surface area contributed by atoms with Crippen molar-refractivity contribution in [2.45, 2.75) is 4.90 Å². The Hall–Kier alpha value is -3.09. The van der Waals surface area contributed by atoms with Gasteiger partial charge < -0.3 is 5.73 Å². The molecule has 0 saturated carbocycles. The van der Waals surface area contributed by atoms with Crippen LogP contribution in [0.1, 0.15) is 0 Å². The van der Waals surface area contributed by atoms with Gasteiger partial charge in [0.25, 0.3) is 10.0 Å². The van der Waals surface area contributed by atoms with E-state index < -0.39 is 10.0 Å². The van der Waals surface area contributed by atoms with Gasteiger partial charge in [-0.25, -0.2) is 13.4 Å². The molecule has 0 aliphatic carbocycles. The fourth-order valence-corrected chi connectivity index (χ4v) is 4.26.